The smallest absolute Gasteiger partial charge is 0.509 e. The Morgan fingerprint density at radius 1 is 0.731 bits per heavy atom. The zero-order valence-electron chi connectivity index (χ0n) is 31.4. The van der Waals surface area contributed by atoms with Crippen molar-refractivity contribution in [2.24, 2.45) is 0 Å². The summed E-state index contributed by atoms with van der Waals surface area (Å²) in [6.45, 7) is 15.6. The Bertz CT molecular complexity index is 2330. The van der Waals surface area contributed by atoms with Crippen LogP contribution in [-0.4, -0.2) is 19.3 Å². The van der Waals surface area contributed by atoms with Gasteiger partial charge in [0.05, 0.1) is 5.69 Å². The number of nitrogens with zero attached hydrogens (tertiary/aromatic N) is 4. The largest absolute Gasteiger partial charge is 2.00 e. The van der Waals surface area contributed by atoms with E-state index >= 15 is 0 Å². The Morgan fingerprint density at radius 3 is 2.21 bits per heavy atom. The summed E-state index contributed by atoms with van der Waals surface area (Å²) in [4.78, 5) is 4.82. The van der Waals surface area contributed by atoms with Gasteiger partial charge in [-0.1, -0.05) is 95.8 Å². The van der Waals surface area contributed by atoms with Crippen LogP contribution in [0, 0.1) is 26.0 Å². The molecule has 0 spiro atoms. The summed E-state index contributed by atoms with van der Waals surface area (Å²) >= 11 is 0. The fourth-order valence-corrected chi connectivity index (χ4v) is 7.45. The fourth-order valence-electron chi connectivity index (χ4n) is 7.45. The van der Waals surface area contributed by atoms with Crippen LogP contribution in [0.3, 0.4) is 0 Å². The molecule has 4 aromatic carbocycles. The molecule has 0 aliphatic carbocycles. The van der Waals surface area contributed by atoms with Gasteiger partial charge in [-0.15, -0.1) is 41.3 Å². The average molecular weight is 779 g/mol. The number of benzene rings is 4. The Hall–Kier alpha value is -4.50. The van der Waals surface area contributed by atoms with Crippen LogP contribution in [0.1, 0.15) is 93.4 Å². The zero-order chi connectivity index (χ0) is 35.6. The van der Waals surface area contributed by atoms with Crippen molar-refractivity contribution in [3.63, 3.8) is 0 Å². The van der Waals surface area contributed by atoms with Crippen molar-refractivity contribution in [1.82, 2.24) is 19.3 Å². The first-order chi connectivity index (χ1) is 24.8. The van der Waals surface area contributed by atoms with Gasteiger partial charge in [-0.25, -0.2) is 4.98 Å². The van der Waals surface area contributed by atoms with E-state index in [1.54, 1.807) is 0 Å². The van der Waals surface area contributed by atoms with Gasteiger partial charge in [0.2, 0.25) is 0 Å². The average Bonchev–Trinajstić information content (AvgIpc) is 3.63. The number of pyridine rings is 1. The summed E-state index contributed by atoms with van der Waals surface area (Å²) in [6, 6.07) is 35.2. The van der Waals surface area contributed by atoms with E-state index < -0.39 is 0 Å². The van der Waals surface area contributed by atoms with Crippen molar-refractivity contribution in [2.75, 3.05) is 0 Å². The summed E-state index contributed by atoms with van der Waals surface area (Å²) in [5, 5.41) is 7.62. The van der Waals surface area contributed by atoms with Crippen molar-refractivity contribution >= 4 is 21.8 Å². The van der Waals surface area contributed by atoms with Crippen LogP contribution in [0.15, 0.2) is 85.1 Å². The molecule has 0 aliphatic heterocycles. The first-order valence-corrected chi connectivity index (χ1v) is 18.6. The second kappa shape index (κ2) is 16.0. The zero-order valence-corrected chi connectivity index (χ0v) is 33.0. The normalized spacial score (nSPS) is 11.5. The summed E-state index contributed by atoms with van der Waals surface area (Å²) < 4.78 is 11.1. The number of ether oxygens (including phenoxy) is 1. The molecule has 268 valence electrons. The van der Waals surface area contributed by atoms with Crippen LogP contribution in [0.2, 0.25) is 0 Å². The third-order valence-corrected chi connectivity index (χ3v) is 9.86. The van der Waals surface area contributed by atoms with Gasteiger partial charge >= 0.3 is 20.4 Å². The van der Waals surface area contributed by atoms with Crippen LogP contribution in [0.4, 0.5) is 0 Å². The van der Waals surface area contributed by atoms with E-state index in [2.05, 4.69) is 143 Å². The molecule has 3 aromatic heterocycles. The van der Waals surface area contributed by atoms with E-state index in [0.717, 1.165) is 72.1 Å². The standard InChI is InChI=1S/C46H48N4O.Pd/c1-8-14-33-23-24-47-44(25-33)49-41-20-12-11-19-38(41)39-22-21-36(29-43(39)49)51-37-27-34(30(4)5)26-35(28-37)50-42(16-10-3)46(40(48-50)15-9-2)45-31(6)17-13-18-32(45)7;/h11-13,17-27,30H,8-10,14-16H2,1-7H3;/q-2;+2. The molecule has 3 heterocycles. The van der Waals surface area contributed by atoms with Crippen LogP contribution >= 0.6 is 0 Å². The Labute approximate surface area is 322 Å². The molecule has 0 atom stereocenters. The van der Waals surface area contributed by atoms with Crippen molar-refractivity contribution in [3.05, 3.63) is 131 Å². The number of fused-ring (bicyclic) bond motifs is 3. The molecular formula is C46H48N4OPd. The Morgan fingerprint density at radius 2 is 1.48 bits per heavy atom. The van der Waals surface area contributed by atoms with E-state index in [1.165, 1.54) is 44.5 Å². The number of para-hydroxylation sites is 1. The molecule has 0 N–H and O–H groups in total. The quantitative estimate of drug-likeness (QED) is 0.0916. The van der Waals surface area contributed by atoms with Crippen molar-refractivity contribution in [3.8, 4) is 34.1 Å². The topological polar surface area (TPSA) is 44.9 Å². The fraction of sp³-hybridized carbons (Fsp3) is 0.304. The molecule has 6 heteroatoms. The number of aromatic nitrogens is 4. The van der Waals surface area contributed by atoms with Crippen LogP contribution < -0.4 is 4.74 Å². The van der Waals surface area contributed by atoms with Gasteiger partial charge in [0.1, 0.15) is 5.82 Å². The van der Waals surface area contributed by atoms with Crippen molar-refractivity contribution in [2.45, 2.75) is 92.9 Å². The number of rotatable bonds is 12. The summed E-state index contributed by atoms with van der Waals surface area (Å²) in [7, 11) is 0. The molecule has 0 aliphatic rings. The van der Waals surface area contributed by atoms with Gasteiger partial charge in [0, 0.05) is 34.5 Å². The van der Waals surface area contributed by atoms with Gasteiger partial charge < -0.3 is 9.30 Å². The number of hydrogen-bond donors (Lipinski definition) is 0. The summed E-state index contributed by atoms with van der Waals surface area (Å²) in [5.41, 5.74) is 12.9. The maximum absolute atomic E-state index is 6.71. The molecule has 7 rings (SSSR count). The minimum Gasteiger partial charge on any atom is -0.509 e. The van der Waals surface area contributed by atoms with E-state index in [9.17, 15) is 0 Å². The van der Waals surface area contributed by atoms with Crippen LogP contribution in [0.5, 0.6) is 11.5 Å². The molecule has 0 saturated carbocycles. The summed E-state index contributed by atoms with van der Waals surface area (Å²) in [5.74, 6) is 2.47. The maximum atomic E-state index is 6.71. The second-order valence-corrected chi connectivity index (χ2v) is 14.1. The molecular weight excluding hydrogens is 731 g/mol. The predicted octanol–water partition coefficient (Wildman–Crippen LogP) is 12.0. The van der Waals surface area contributed by atoms with Gasteiger partial charge in [-0.2, -0.15) is 11.2 Å². The first-order valence-electron chi connectivity index (χ1n) is 18.6. The molecule has 5 nitrogen and oxygen atoms in total. The van der Waals surface area contributed by atoms with E-state index in [4.69, 9.17) is 14.8 Å². The third kappa shape index (κ3) is 7.12. The van der Waals surface area contributed by atoms with Gasteiger partial charge in [-0.3, -0.25) is 4.68 Å². The molecule has 0 saturated heterocycles. The maximum Gasteiger partial charge on any atom is 2.00 e. The van der Waals surface area contributed by atoms with Crippen molar-refractivity contribution < 1.29 is 25.2 Å². The minimum atomic E-state index is 0. The van der Waals surface area contributed by atoms with Gasteiger partial charge in [0.25, 0.3) is 0 Å². The van der Waals surface area contributed by atoms with Crippen molar-refractivity contribution in [1.29, 1.82) is 0 Å². The number of hydrogen-bond acceptors (Lipinski definition) is 3. The van der Waals surface area contributed by atoms with E-state index in [1.807, 2.05) is 12.3 Å². The number of aryl methyl sites for hydroxylation is 4. The molecule has 0 bridgehead atoms. The minimum absolute atomic E-state index is 0. The van der Waals surface area contributed by atoms with Crippen LogP contribution in [-0.2, 0) is 39.7 Å². The Balaban J connectivity index is 0.00000464. The molecule has 0 amide bonds. The summed E-state index contributed by atoms with van der Waals surface area (Å²) in [6.07, 6.45) is 7.88. The van der Waals surface area contributed by atoms with E-state index in [-0.39, 0.29) is 26.3 Å². The SMILES string of the molecule is CCCc1ccnc(-n2c3[c-]c(Oc4[c-]c(-n5nc(CCC)c(-c6c(C)cccc6C)c5CCC)cc(C(C)C)c4)ccc3c3ccccc32)c1.[Pd+2]. The van der Waals surface area contributed by atoms with Gasteiger partial charge in [0.15, 0.2) is 0 Å². The van der Waals surface area contributed by atoms with Gasteiger partial charge in [-0.05, 0) is 90.6 Å². The molecule has 7 aromatic rings. The predicted molar refractivity (Wildman–Crippen MR) is 211 cm³/mol. The Kier molecular flexibility index (Phi) is 11.5. The van der Waals surface area contributed by atoms with Crippen LogP contribution in [0.25, 0.3) is 44.4 Å². The molecule has 0 fully saturated rings. The van der Waals surface area contributed by atoms with E-state index in [0.29, 0.717) is 11.5 Å². The third-order valence-electron chi connectivity index (χ3n) is 9.86. The second-order valence-electron chi connectivity index (χ2n) is 14.1. The molecule has 0 unspecified atom stereocenters. The molecule has 52 heavy (non-hydrogen) atoms. The monoisotopic (exact) mass is 778 g/mol. The molecule has 0 radical (unpaired) electrons. The first kappa shape index (κ1) is 37.3.